The van der Waals surface area contributed by atoms with Crippen LogP contribution in [0.25, 0.3) is 0 Å². The number of alkyl halides is 2. The van der Waals surface area contributed by atoms with Crippen LogP contribution in [0.4, 0.5) is 8.78 Å². The summed E-state index contributed by atoms with van der Waals surface area (Å²) in [6.45, 7) is 2.44. The Morgan fingerprint density at radius 3 is 2.69 bits per heavy atom. The summed E-state index contributed by atoms with van der Waals surface area (Å²) in [6.07, 6.45) is 5.19. The highest BCUT2D eigenvalue weighted by molar-refractivity contribution is 5.80. The Balaban J connectivity index is 1.71. The van der Waals surface area contributed by atoms with Crippen molar-refractivity contribution in [1.82, 2.24) is 10.2 Å². The molecule has 0 atom stereocenters. The van der Waals surface area contributed by atoms with Crippen molar-refractivity contribution < 1.29 is 18.3 Å². The first-order valence-corrected chi connectivity index (χ1v) is 9.20. The van der Waals surface area contributed by atoms with E-state index < -0.39 is 6.61 Å². The van der Waals surface area contributed by atoms with Gasteiger partial charge in [-0.15, -0.1) is 0 Å². The number of rotatable bonds is 6. The van der Waals surface area contributed by atoms with Crippen molar-refractivity contribution in [2.75, 3.05) is 26.7 Å². The van der Waals surface area contributed by atoms with E-state index in [-0.39, 0.29) is 11.5 Å². The minimum Gasteiger partial charge on any atom is -0.493 e. The van der Waals surface area contributed by atoms with Crippen molar-refractivity contribution in [2.24, 2.45) is 10.4 Å². The fraction of sp³-hybridized carbons (Fsp3) is 0.632. The summed E-state index contributed by atoms with van der Waals surface area (Å²) in [5, 5.41) is 3.35. The molecule has 1 aliphatic heterocycles. The highest BCUT2D eigenvalue weighted by atomic mass is 19.3. The molecule has 1 aromatic rings. The second kappa shape index (κ2) is 8.10. The van der Waals surface area contributed by atoms with Gasteiger partial charge in [-0.3, -0.25) is 0 Å². The molecule has 1 aromatic carbocycles. The highest BCUT2D eigenvalue weighted by Crippen LogP contribution is 2.47. The normalized spacial score (nSPS) is 19.0. The van der Waals surface area contributed by atoms with E-state index in [0.717, 1.165) is 31.2 Å². The van der Waals surface area contributed by atoms with Crippen LogP contribution in [-0.2, 0) is 6.54 Å². The SMILES string of the molecule is CCNC(=NCc1ccc(OC)c(OC(F)F)c1)N1CCC2(CCC2)C1. The summed E-state index contributed by atoms with van der Waals surface area (Å²) in [7, 11) is 1.43. The predicted octanol–water partition coefficient (Wildman–Crippen LogP) is 3.64. The number of nitrogens with zero attached hydrogens (tertiary/aromatic N) is 2. The van der Waals surface area contributed by atoms with E-state index in [9.17, 15) is 8.78 Å². The standard InChI is InChI=1S/C19H27F2N3O2/c1-3-22-18(24-10-9-19(13-24)7-4-8-19)23-12-14-5-6-15(25-2)16(11-14)26-17(20)21/h5-6,11,17H,3-4,7-10,12-13H2,1-2H3,(H,22,23). The maximum Gasteiger partial charge on any atom is 0.387 e. The molecule has 0 aromatic heterocycles. The number of halogens is 2. The zero-order chi connectivity index (χ0) is 18.6. The number of methoxy groups -OCH3 is 1. The van der Waals surface area contributed by atoms with Crippen molar-refractivity contribution in [3.8, 4) is 11.5 Å². The lowest BCUT2D eigenvalue weighted by Crippen LogP contribution is -2.42. The number of hydrogen-bond acceptors (Lipinski definition) is 3. The van der Waals surface area contributed by atoms with E-state index in [1.54, 1.807) is 12.1 Å². The number of benzene rings is 1. The number of likely N-dealkylation sites (tertiary alicyclic amines) is 1. The van der Waals surface area contributed by atoms with E-state index in [1.807, 2.05) is 13.0 Å². The number of hydrogen-bond donors (Lipinski definition) is 1. The molecular formula is C19H27F2N3O2. The van der Waals surface area contributed by atoms with Crippen LogP contribution in [-0.4, -0.2) is 44.2 Å². The van der Waals surface area contributed by atoms with Gasteiger partial charge in [-0.05, 0) is 49.3 Å². The molecule has 2 aliphatic rings. The first-order valence-electron chi connectivity index (χ1n) is 9.20. The first kappa shape index (κ1) is 18.7. The van der Waals surface area contributed by atoms with Crippen molar-refractivity contribution in [2.45, 2.75) is 45.8 Å². The van der Waals surface area contributed by atoms with Crippen LogP contribution in [0.15, 0.2) is 23.2 Å². The second-order valence-corrected chi connectivity index (χ2v) is 7.06. The van der Waals surface area contributed by atoms with Gasteiger partial charge in [-0.2, -0.15) is 8.78 Å². The summed E-state index contributed by atoms with van der Waals surface area (Å²) in [5.74, 6) is 1.22. The van der Waals surface area contributed by atoms with Crippen LogP contribution in [0.1, 0.15) is 38.2 Å². The van der Waals surface area contributed by atoms with Gasteiger partial charge in [-0.25, -0.2) is 4.99 Å². The van der Waals surface area contributed by atoms with Gasteiger partial charge >= 0.3 is 6.61 Å². The second-order valence-electron chi connectivity index (χ2n) is 7.06. The van der Waals surface area contributed by atoms with Crippen LogP contribution in [0.3, 0.4) is 0 Å². The van der Waals surface area contributed by atoms with Crippen molar-refractivity contribution in [3.05, 3.63) is 23.8 Å². The summed E-state index contributed by atoms with van der Waals surface area (Å²) >= 11 is 0. The number of aliphatic imine (C=N–C) groups is 1. The largest absolute Gasteiger partial charge is 0.493 e. The van der Waals surface area contributed by atoms with Gasteiger partial charge in [0.05, 0.1) is 13.7 Å². The summed E-state index contributed by atoms with van der Waals surface area (Å²) in [6, 6.07) is 5.02. The quantitative estimate of drug-likeness (QED) is 0.616. The Morgan fingerprint density at radius 2 is 2.12 bits per heavy atom. The van der Waals surface area contributed by atoms with Crippen LogP contribution in [0.5, 0.6) is 11.5 Å². The Morgan fingerprint density at radius 1 is 1.31 bits per heavy atom. The number of ether oxygens (including phenoxy) is 2. The topological polar surface area (TPSA) is 46.1 Å². The van der Waals surface area contributed by atoms with Crippen molar-refractivity contribution >= 4 is 5.96 Å². The Labute approximate surface area is 153 Å². The molecule has 2 fully saturated rings. The first-order chi connectivity index (χ1) is 12.5. The summed E-state index contributed by atoms with van der Waals surface area (Å²) in [5.41, 5.74) is 1.29. The van der Waals surface area contributed by atoms with Crippen molar-refractivity contribution in [3.63, 3.8) is 0 Å². The lowest BCUT2D eigenvalue weighted by atomic mass is 9.68. The van der Waals surface area contributed by atoms with Crippen LogP contribution in [0.2, 0.25) is 0 Å². The van der Waals surface area contributed by atoms with Gasteiger partial charge in [0.2, 0.25) is 0 Å². The minimum atomic E-state index is -2.89. The molecule has 1 heterocycles. The molecule has 1 N–H and O–H groups in total. The van der Waals surface area contributed by atoms with Crippen molar-refractivity contribution in [1.29, 1.82) is 0 Å². The zero-order valence-corrected chi connectivity index (χ0v) is 15.4. The molecule has 26 heavy (non-hydrogen) atoms. The lowest BCUT2D eigenvalue weighted by Gasteiger charge is -2.38. The number of nitrogens with one attached hydrogen (secondary N) is 1. The maximum absolute atomic E-state index is 12.6. The highest BCUT2D eigenvalue weighted by Gasteiger charge is 2.43. The molecule has 0 unspecified atom stereocenters. The lowest BCUT2D eigenvalue weighted by molar-refractivity contribution is -0.0512. The third-order valence-corrected chi connectivity index (χ3v) is 5.34. The monoisotopic (exact) mass is 367 g/mol. The van der Waals surface area contributed by atoms with E-state index in [0.29, 0.717) is 12.0 Å². The van der Waals surface area contributed by atoms with Gasteiger partial charge in [0.25, 0.3) is 0 Å². The third-order valence-electron chi connectivity index (χ3n) is 5.34. The third kappa shape index (κ3) is 4.19. The van der Waals surface area contributed by atoms with Gasteiger partial charge in [-0.1, -0.05) is 12.5 Å². The van der Waals surface area contributed by atoms with Gasteiger partial charge in [0.1, 0.15) is 0 Å². The average molecular weight is 367 g/mol. The molecule has 1 aliphatic carbocycles. The summed E-state index contributed by atoms with van der Waals surface area (Å²) in [4.78, 5) is 7.04. The molecular weight excluding hydrogens is 340 g/mol. The molecule has 144 valence electrons. The smallest absolute Gasteiger partial charge is 0.387 e. The molecule has 5 nitrogen and oxygen atoms in total. The van der Waals surface area contributed by atoms with Gasteiger partial charge < -0.3 is 19.7 Å². The fourth-order valence-corrected chi connectivity index (χ4v) is 3.80. The molecule has 1 saturated carbocycles. The minimum absolute atomic E-state index is 0.0368. The molecule has 3 rings (SSSR count). The Bertz CT molecular complexity index is 648. The molecule has 0 bridgehead atoms. The van der Waals surface area contributed by atoms with E-state index in [1.165, 1.54) is 32.8 Å². The van der Waals surface area contributed by atoms with Gasteiger partial charge in [0.15, 0.2) is 17.5 Å². The van der Waals surface area contributed by atoms with Gasteiger partial charge in [0, 0.05) is 19.6 Å². The van der Waals surface area contributed by atoms with Crippen LogP contribution >= 0.6 is 0 Å². The summed E-state index contributed by atoms with van der Waals surface area (Å²) < 4.78 is 34.8. The molecule has 0 radical (unpaired) electrons. The molecule has 1 saturated heterocycles. The molecule has 0 amide bonds. The van der Waals surface area contributed by atoms with E-state index in [2.05, 4.69) is 15.0 Å². The Kier molecular flexibility index (Phi) is 5.84. The number of guanidine groups is 1. The fourth-order valence-electron chi connectivity index (χ4n) is 3.80. The van der Waals surface area contributed by atoms with Crippen LogP contribution in [0, 0.1) is 5.41 Å². The molecule has 1 spiro atoms. The average Bonchev–Trinajstić information content (AvgIpc) is 3.04. The maximum atomic E-state index is 12.6. The van der Waals surface area contributed by atoms with E-state index in [4.69, 9.17) is 9.73 Å². The predicted molar refractivity (Wildman–Crippen MR) is 96.9 cm³/mol. The zero-order valence-electron chi connectivity index (χ0n) is 15.4. The van der Waals surface area contributed by atoms with Crippen LogP contribution < -0.4 is 14.8 Å². The van der Waals surface area contributed by atoms with E-state index >= 15 is 0 Å². The Hall–Kier alpha value is -2.05. The molecule has 7 heteroatoms.